The van der Waals surface area contributed by atoms with Crippen molar-refractivity contribution in [2.24, 2.45) is 17.6 Å². The van der Waals surface area contributed by atoms with Crippen molar-refractivity contribution in [2.75, 3.05) is 0 Å². The highest BCUT2D eigenvalue weighted by Gasteiger charge is 2.37. The second-order valence-electron chi connectivity index (χ2n) is 5.50. The maximum Gasteiger partial charge on any atom is 0.00620 e. The predicted octanol–water partition coefficient (Wildman–Crippen LogP) is 3.55. The lowest BCUT2D eigenvalue weighted by atomic mass is 9.98. The van der Waals surface area contributed by atoms with Crippen LogP contribution in [0.25, 0.3) is 0 Å². The van der Waals surface area contributed by atoms with Crippen LogP contribution in [0, 0.1) is 11.8 Å². The summed E-state index contributed by atoms with van der Waals surface area (Å²) in [5.74, 6) is 2.33. The van der Waals surface area contributed by atoms with E-state index in [1.165, 1.54) is 24.8 Å². The van der Waals surface area contributed by atoms with Crippen LogP contribution in [0.1, 0.15) is 44.6 Å². The Labute approximate surface area is 99.0 Å². The molecule has 0 radical (unpaired) electrons. The molecule has 1 aliphatic carbocycles. The molecule has 0 amide bonds. The fourth-order valence-electron chi connectivity index (χ4n) is 2.41. The molecule has 0 aromatic heterocycles. The average molecular weight is 217 g/mol. The molecule has 0 saturated heterocycles. The zero-order valence-electron chi connectivity index (χ0n) is 10.4. The minimum atomic E-state index is 0.386. The standard InChI is InChI=1S/C15H23N/c1-11(2)15(16)9-8-13-10-14(13)12-6-4-3-5-7-12/h3-7,11,13-15H,8-10,16H2,1-2H3. The van der Waals surface area contributed by atoms with Gasteiger partial charge in [-0.1, -0.05) is 44.2 Å². The van der Waals surface area contributed by atoms with Crippen molar-refractivity contribution >= 4 is 0 Å². The van der Waals surface area contributed by atoms with Crippen LogP contribution >= 0.6 is 0 Å². The second-order valence-corrected chi connectivity index (χ2v) is 5.50. The molecule has 1 aromatic rings. The quantitative estimate of drug-likeness (QED) is 0.802. The molecular weight excluding hydrogens is 194 g/mol. The topological polar surface area (TPSA) is 26.0 Å². The Morgan fingerprint density at radius 2 is 1.94 bits per heavy atom. The smallest absolute Gasteiger partial charge is 0.00620 e. The van der Waals surface area contributed by atoms with Gasteiger partial charge in [-0.2, -0.15) is 0 Å². The Balaban J connectivity index is 1.76. The van der Waals surface area contributed by atoms with Gasteiger partial charge in [0.25, 0.3) is 0 Å². The summed E-state index contributed by atoms with van der Waals surface area (Å²) in [7, 11) is 0. The molecular formula is C15H23N. The Morgan fingerprint density at radius 1 is 1.25 bits per heavy atom. The Kier molecular flexibility index (Phi) is 3.65. The van der Waals surface area contributed by atoms with E-state index in [0.717, 1.165) is 11.8 Å². The van der Waals surface area contributed by atoms with E-state index >= 15 is 0 Å². The SMILES string of the molecule is CC(C)C(N)CCC1CC1c1ccccc1. The van der Waals surface area contributed by atoms with Gasteiger partial charge >= 0.3 is 0 Å². The van der Waals surface area contributed by atoms with Crippen LogP contribution in [0.3, 0.4) is 0 Å². The van der Waals surface area contributed by atoms with Crippen molar-refractivity contribution in [3.63, 3.8) is 0 Å². The molecule has 0 heterocycles. The average Bonchev–Trinajstić information content (AvgIpc) is 3.06. The minimum absolute atomic E-state index is 0.386. The number of nitrogens with two attached hydrogens (primary N) is 1. The summed E-state index contributed by atoms with van der Waals surface area (Å²) in [6.07, 6.45) is 3.86. The normalized spacial score (nSPS) is 25.8. The van der Waals surface area contributed by atoms with Crippen molar-refractivity contribution in [1.29, 1.82) is 0 Å². The Bertz CT molecular complexity index is 317. The summed E-state index contributed by atoms with van der Waals surface area (Å²) < 4.78 is 0. The van der Waals surface area contributed by atoms with Crippen LogP contribution in [-0.2, 0) is 0 Å². The lowest BCUT2D eigenvalue weighted by Crippen LogP contribution is -2.26. The summed E-state index contributed by atoms with van der Waals surface area (Å²) in [5.41, 5.74) is 7.60. The van der Waals surface area contributed by atoms with Crippen LogP contribution in [0.15, 0.2) is 30.3 Å². The van der Waals surface area contributed by atoms with Gasteiger partial charge in [0.05, 0.1) is 0 Å². The first-order valence-corrected chi connectivity index (χ1v) is 6.49. The van der Waals surface area contributed by atoms with Gasteiger partial charge in [0.15, 0.2) is 0 Å². The van der Waals surface area contributed by atoms with Crippen molar-refractivity contribution in [3.05, 3.63) is 35.9 Å². The first-order chi connectivity index (χ1) is 7.68. The van der Waals surface area contributed by atoms with Gasteiger partial charge in [-0.25, -0.2) is 0 Å². The highest BCUT2D eigenvalue weighted by molar-refractivity contribution is 5.25. The van der Waals surface area contributed by atoms with E-state index in [0.29, 0.717) is 12.0 Å². The number of rotatable bonds is 5. The van der Waals surface area contributed by atoms with Crippen molar-refractivity contribution in [2.45, 2.75) is 45.1 Å². The zero-order valence-corrected chi connectivity index (χ0v) is 10.4. The lowest BCUT2D eigenvalue weighted by molar-refractivity contribution is 0.438. The predicted molar refractivity (Wildman–Crippen MR) is 69.3 cm³/mol. The molecule has 2 rings (SSSR count). The summed E-state index contributed by atoms with van der Waals surface area (Å²) in [5, 5.41) is 0. The third kappa shape index (κ3) is 2.85. The fraction of sp³-hybridized carbons (Fsp3) is 0.600. The van der Waals surface area contributed by atoms with Gasteiger partial charge in [0, 0.05) is 6.04 Å². The third-order valence-corrected chi connectivity index (χ3v) is 3.88. The van der Waals surface area contributed by atoms with Crippen molar-refractivity contribution in [3.8, 4) is 0 Å². The van der Waals surface area contributed by atoms with Gasteiger partial charge < -0.3 is 5.73 Å². The monoisotopic (exact) mass is 217 g/mol. The highest BCUT2D eigenvalue weighted by Crippen LogP contribution is 2.50. The summed E-state index contributed by atoms with van der Waals surface area (Å²) in [4.78, 5) is 0. The van der Waals surface area contributed by atoms with Crippen LogP contribution in [0.2, 0.25) is 0 Å². The first kappa shape index (κ1) is 11.7. The fourth-order valence-corrected chi connectivity index (χ4v) is 2.41. The second kappa shape index (κ2) is 5.01. The van der Waals surface area contributed by atoms with Crippen LogP contribution in [0.5, 0.6) is 0 Å². The van der Waals surface area contributed by atoms with E-state index in [1.54, 1.807) is 0 Å². The van der Waals surface area contributed by atoms with Gasteiger partial charge in [-0.05, 0) is 42.6 Å². The molecule has 2 N–H and O–H groups in total. The van der Waals surface area contributed by atoms with Gasteiger partial charge in [-0.3, -0.25) is 0 Å². The molecule has 1 heteroatoms. The van der Waals surface area contributed by atoms with Crippen molar-refractivity contribution in [1.82, 2.24) is 0 Å². The number of hydrogen-bond acceptors (Lipinski definition) is 1. The molecule has 88 valence electrons. The maximum absolute atomic E-state index is 6.08. The molecule has 3 unspecified atom stereocenters. The van der Waals surface area contributed by atoms with Crippen LogP contribution in [0.4, 0.5) is 0 Å². The number of hydrogen-bond donors (Lipinski definition) is 1. The summed E-state index contributed by atoms with van der Waals surface area (Å²) in [6.45, 7) is 4.43. The molecule has 1 fully saturated rings. The Hall–Kier alpha value is -0.820. The molecule has 1 saturated carbocycles. The van der Waals surface area contributed by atoms with E-state index in [4.69, 9.17) is 5.73 Å². The third-order valence-electron chi connectivity index (χ3n) is 3.88. The van der Waals surface area contributed by atoms with Crippen LogP contribution in [-0.4, -0.2) is 6.04 Å². The lowest BCUT2D eigenvalue weighted by Gasteiger charge is -2.14. The largest absolute Gasteiger partial charge is 0.327 e. The van der Waals surface area contributed by atoms with Gasteiger partial charge in [0.2, 0.25) is 0 Å². The molecule has 0 spiro atoms. The first-order valence-electron chi connectivity index (χ1n) is 6.49. The molecule has 16 heavy (non-hydrogen) atoms. The van der Waals surface area contributed by atoms with Gasteiger partial charge in [0.1, 0.15) is 0 Å². The molecule has 3 atom stereocenters. The summed E-state index contributed by atoms with van der Waals surface area (Å²) >= 11 is 0. The molecule has 1 aliphatic rings. The van der Waals surface area contributed by atoms with E-state index in [1.807, 2.05) is 0 Å². The van der Waals surface area contributed by atoms with Crippen LogP contribution < -0.4 is 5.73 Å². The zero-order chi connectivity index (χ0) is 11.5. The molecule has 0 aliphatic heterocycles. The van der Waals surface area contributed by atoms with E-state index < -0.39 is 0 Å². The molecule has 0 bridgehead atoms. The van der Waals surface area contributed by atoms with E-state index in [9.17, 15) is 0 Å². The summed E-state index contributed by atoms with van der Waals surface area (Å²) in [6, 6.07) is 11.3. The van der Waals surface area contributed by atoms with Gasteiger partial charge in [-0.15, -0.1) is 0 Å². The van der Waals surface area contributed by atoms with E-state index in [2.05, 4.69) is 44.2 Å². The molecule has 1 nitrogen and oxygen atoms in total. The number of benzene rings is 1. The minimum Gasteiger partial charge on any atom is -0.327 e. The van der Waals surface area contributed by atoms with Crippen molar-refractivity contribution < 1.29 is 0 Å². The Morgan fingerprint density at radius 3 is 2.56 bits per heavy atom. The maximum atomic E-state index is 6.08. The molecule has 1 aromatic carbocycles. The highest BCUT2D eigenvalue weighted by atomic mass is 14.6. The van der Waals surface area contributed by atoms with E-state index in [-0.39, 0.29) is 0 Å².